The van der Waals surface area contributed by atoms with E-state index in [0.717, 1.165) is 6.42 Å². The summed E-state index contributed by atoms with van der Waals surface area (Å²) >= 11 is 1.73. The van der Waals surface area contributed by atoms with Crippen LogP contribution in [-0.2, 0) is 12.7 Å². The first-order chi connectivity index (χ1) is 14.8. The van der Waals surface area contributed by atoms with Crippen LogP contribution in [0.5, 0.6) is 0 Å². The summed E-state index contributed by atoms with van der Waals surface area (Å²) in [7, 11) is 0. The van der Waals surface area contributed by atoms with Crippen molar-refractivity contribution in [3.63, 3.8) is 0 Å². The molecule has 2 aliphatic carbocycles. The molecule has 0 aromatic heterocycles. The van der Waals surface area contributed by atoms with Gasteiger partial charge in [-0.15, -0.1) is 0 Å². The number of rotatable bonds is 8. The average Bonchev–Trinajstić information content (AvgIpc) is 2.75. The summed E-state index contributed by atoms with van der Waals surface area (Å²) in [5, 5.41) is 11.3. The number of carbonyl (C=O) groups excluding carboxylic acids is 2. The van der Waals surface area contributed by atoms with Gasteiger partial charge in [0.05, 0.1) is 12.0 Å². The highest BCUT2D eigenvalue weighted by atomic mass is 127. The number of nitrogens with zero attached hydrogens (tertiary/aromatic N) is 1. The number of hydrogen-bond donors (Lipinski definition) is 0. The van der Waals surface area contributed by atoms with E-state index in [9.17, 15) is 19.7 Å². The number of carbonyl (C=O) groups is 2. The fraction of sp³-hybridized carbons (Fsp3) is 0.917. The van der Waals surface area contributed by atoms with Crippen molar-refractivity contribution in [3.8, 4) is 0 Å². The van der Waals surface area contributed by atoms with Gasteiger partial charge in [0.15, 0.2) is 5.78 Å². The van der Waals surface area contributed by atoms with Gasteiger partial charge in [-0.1, -0.05) is 73.6 Å². The van der Waals surface area contributed by atoms with E-state index in [4.69, 9.17) is 3.07 Å². The largest absolute Gasteiger partial charge is 0.311 e. The van der Waals surface area contributed by atoms with Crippen molar-refractivity contribution < 1.29 is 17.6 Å². The van der Waals surface area contributed by atoms with E-state index < -0.39 is 24.0 Å². The zero-order valence-corrected chi connectivity index (χ0v) is 22.6. The number of ketones is 2. The monoisotopic (exact) mass is 553 g/mol. The minimum absolute atomic E-state index is 0.119. The Balaban J connectivity index is 0.000000852. The van der Waals surface area contributed by atoms with Gasteiger partial charge in [0.1, 0.15) is 34.7 Å². The van der Waals surface area contributed by atoms with Crippen molar-refractivity contribution in [1.29, 1.82) is 0 Å². The van der Waals surface area contributed by atoms with Gasteiger partial charge in [0.2, 0.25) is 6.04 Å². The van der Waals surface area contributed by atoms with E-state index in [-0.39, 0.29) is 28.3 Å². The van der Waals surface area contributed by atoms with Crippen LogP contribution in [0, 0.1) is 33.8 Å². The molecular weight excluding hydrogens is 509 g/mol. The van der Waals surface area contributed by atoms with E-state index in [2.05, 4.69) is 13.8 Å². The molecule has 0 aromatic rings. The van der Waals surface area contributed by atoms with Gasteiger partial charge in [0.25, 0.3) is 0 Å². The van der Waals surface area contributed by atoms with Crippen molar-refractivity contribution in [1.82, 2.24) is 0 Å². The molecular formula is C24H44INO5. The standard InChI is InChI=1S/C15H22INO5.C7H16.C2H6/c1-8-3-4-10(11(5-8)17(20)21)15(19)14-12(18)6-9(2)7-13(14)22-16;1-3-5-7-6-4-2;1-2/h8-11,13-14H,3-7H2,1-2H3;3-7H2,1-2H3;1-2H3. The molecule has 6 nitrogen and oxygen atoms in total. The molecule has 0 aliphatic heterocycles. The number of unbranched alkanes of at least 4 members (excludes halogenated alkanes) is 4. The molecule has 0 radical (unpaired) electrons. The zero-order valence-electron chi connectivity index (χ0n) is 20.4. The highest BCUT2D eigenvalue weighted by molar-refractivity contribution is 14.1. The van der Waals surface area contributed by atoms with Crippen molar-refractivity contribution >= 4 is 34.6 Å². The molecule has 2 saturated carbocycles. The predicted octanol–water partition coefficient (Wildman–Crippen LogP) is 6.99. The first-order valence-electron chi connectivity index (χ1n) is 12.2. The molecule has 0 spiro atoms. The summed E-state index contributed by atoms with van der Waals surface area (Å²) in [4.78, 5) is 36.2. The van der Waals surface area contributed by atoms with E-state index in [1.165, 1.54) is 32.1 Å². The quantitative estimate of drug-likeness (QED) is 0.106. The summed E-state index contributed by atoms with van der Waals surface area (Å²) in [6, 6.07) is -0.863. The predicted molar refractivity (Wildman–Crippen MR) is 134 cm³/mol. The third-order valence-electron chi connectivity index (χ3n) is 6.25. The van der Waals surface area contributed by atoms with Gasteiger partial charge >= 0.3 is 0 Å². The molecule has 182 valence electrons. The minimum atomic E-state index is -0.863. The van der Waals surface area contributed by atoms with Crippen molar-refractivity contribution in [2.45, 2.75) is 118 Å². The van der Waals surface area contributed by atoms with E-state index in [1.807, 2.05) is 27.7 Å². The van der Waals surface area contributed by atoms with Gasteiger partial charge in [-0.2, -0.15) is 0 Å². The van der Waals surface area contributed by atoms with Crippen molar-refractivity contribution in [2.75, 3.05) is 0 Å². The lowest BCUT2D eigenvalue weighted by Crippen LogP contribution is -2.49. The van der Waals surface area contributed by atoms with Crippen LogP contribution in [0.2, 0.25) is 0 Å². The number of halogens is 1. The second-order valence-corrected chi connectivity index (χ2v) is 9.47. The summed E-state index contributed by atoms with van der Waals surface area (Å²) in [5.41, 5.74) is 0. The van der Waals surface area contributed by atoms with Crippen LogP contribution in [0.4, 0.5) is 0 Å². The van der Waals surface area contributed by atoms with Gasteiger partial charge in [-0.3, -0.25) is 19.7 Å². The normalized spacial score (nSPS) is 30.4. The number of hydrogen-bond acceptors (Lipinski definition) is 5. The lowest BCUT2D eigenvalue weighted by atomic mass is 9.69. The van der Waals surface area contributed by atoms with Crippen LogP contribution in [0.3, 0.4) is 0 Å². The van der Waals surface area contributed by atoms with E-state index >= 15 is 0 Å². The first-order valence-corrected chi connectivity index (χ1v) is 13.1. The fourth-order valence-corrected chi connectivity index (χ4v) is 5.05. The maximum Gasteiger partial charge on any atom is 0.223 e. The fourth-order valence-electron chi connectivity index (χ4n) is 4.55. The Kier molecular flexibility index (Phi) is 16.7. The SMILES string of the molecule is CC.CC1CC(=O)C(C(=O)C2CCC(C)CC2[N+](=O)[O-])C(OI)C1.CCCCCCC. The van der Waals surface area contributed by atoms with Crippen LogP contribution in [0.25, 0.3) is 0 Å². The Morgan fingerprint density at radius 2 is 1.65 bits per heavy atom. The Labute approximate surface area is 203 Å². The van der Waals surface area contributed by atoms with Crippen LogP contribution in [-0.4, -0.2) is 28.6 Å². The molecule has 2 fully saturated rings. The average molecular weight is 554 g/mol. The summed E-state index contributed by atoms with van der Waals surface area (Å²) in [6.07, 6.45) is 9.28. The van der Waals surface area contributed by atoms with E-state index in [1.54, 1.807) is 23.0 Å². The highest BCUT2D eigenvalue weighted by Gasteiger charge is 2.49. The molecule has 0 aromatic carbocycles. The lowest BCUT2D eigenvalue weighted by Gasteiger charge is -2.35. The zero-order chi connectivity index (χ0) is 24.0. The first kappa shape index (κ1) is 30.4. The Morgan fingerprint density at radius 3 is 2.13 bits per heavy atom. The molecule has 0 amide bonds. The molecule has 0 N–H and O–H groups in total. The van der Waals surface area contributed by atoms with Gasteiger partial charge in [-0.25, -0.2) is 0 Å². The molecule has 0 heterocycles. The topological polar surface area (TPSA) is 86.5 Å². The molecule has 0 saturated heterocycles. The van der Waals surface area contributed by atoms with Crippen LogP contribution in [0.15, 0.2) is 0 Å². The molecule has 31 heavy (non-hydrogen) atoms. The summed E-state index contributed by atoms with van der Waals surface area (Å²) < 4.78 is 5.33. The van der Waals surface area contributed by atoms with Gasteiger partial charge in [0, 0.05) is 17.8 Å². The number of nitro groups is 1. The van der Waals surface area contributed by atoms with Crippen LogP contribution >= 0.6 is 23.0 Å². The molecule has 6 unspecified atom stereocenters. The van der Waals surface area contributed by atoms with Crippen LogP contribution < -0.4 is 0 Å². The Hall–Kier alpha value is -0.570. The van der Waals surface area contributed by atoms with Crippen LogP contribution in [0.1, 0.15) is 106 Å². The Morgan fingerprint density at radius 1 is 1.06 bits per heavy atom. The summed E-state index contributed by atoms with van der Waals surface area (Å²) in [6.45, 7) is 12.4. The maximum absolute atomic E-state index is 12.9. The summed E-state index contributed by atoms with van der Waals surface area (Å²) in [5.74, 6) is -1.43. The lowest BCUT2D eigenvalue weighted by molar-refractivity contribution is -0.534. The van der Waals surface area contributed by atoms with Gasteiger partial charge in [-0.05, 0) is 31.1 Å². The molecule has 6 atom stereocenters. The molecule has 0 bridgehead atoms. The number of Topliss-reactive ketones (excluding diaryl/α,β-unsaturated/α-hetero) is 2. The minimum Gasteiger partial charge on any atom is -0.311 e. The van der Waals surface area contributed by atoms with Crippen molar-refractivity contribution in [3.05, 3.63) is 10.1 Å². The third-order valence-corrected chi connectivity index (χ3v) is 6.90. The van der Waals surface area contributed by atoms with Crippen molar-refractivity contribution in [2.24, 2.45) is 23.7 Å². The Bertz CT molecular complexity index is 538. The molecule has 2 rings (SSSR count). The second kappa shape index (κ2) is 17.0. The third kappa shape index (κ3) is 10.3. The highest BCUT2D eigenvalue weighted by Crippen LogP contribution is 2.37. The van der Waals surface area contributed by atoms with E-state index in [0.29, 0.717) is 25.7 Å². The molecule has 2 aliphatic rings. The van der Waals surface area contributed by atoms with Gasteiger partial charge < -0.3 is 3.07 Å². The smallest absolute Gasteiger partial charge is 0.223 e. The second-order valence-electron chi connectivity index (χ2n) is 8.96. The maximum atomic E-state index is 12.9. The molecule has 7 heteroatoms.